The van der Waals surface area contributed by atoms with E-state index in [-0.39, 0.29) is 0 Å². The molecule has 0 unspecified atom stereocenters. The van der Waals surface area contributed by atoms with Crippen LogP contribution in [0.4, 0.5) is 0 Å². The van der Waals surface area contributed by atoms with Gasteiger partial charge in [-0.25, -0.2) is 15.0 Å². The van der Waals surface area contributed by atoms with Gasteiger partial charge in [0.25, 0.3) is 0 Å². The summed E-state index contributed by atoms with van der Waals surface area (Å²) in [6, 6.07) is -20.6. The van der Waals surface area contributed by atoms with Crippen LogP contribution in [0.25, 0.3) is 99.9 Å². The van der Waals surface area contributed by atoms with Crippen molar-refractivity contribution in [2.75, 3.05) is 0 Å². The molecule has 0 bridgehead atoms. The average molecular weight is 641 g/mol. The van der Waals surface area contributed by atoms with Crippen molar-refractivity contribution in [3.05, 3.63) is 151 Å². The van der Waals surface area contributed by atoms with E-state index in [4.69, 9.17) is 37.6 Å². The predicted molar refractivity (Wildman–Crippen MR) is 194 cm³/mol. The molecule has 5 heteroatoms. The van der Waals surface area contributed by atoms with Crippen molar-refractivity contribution < 1.29 is 43.1 Å². The van der Waals surface area contributed by atoms with Crippen LogP contribution in [0.5, 0.6) is 0 Å². The van der Waals surface area contributed by atoms with E-state index in [1.165, 1.54) is 0 Å². The Labute approximate surface area is 309 Å². The Hall–Kier alpha value is -6.59. The van der Waals surface area contributed by atoms with Gasteiger partial charge in [-0.3, -0.25) is 0 Å². The summed E-state index contributed by atoms with van der Waals surface area (Å²) >= 11 is 0. The van der Waals surface area contributed by atoms with Gasteiger partial charge in [0, 0.05) is 43.6 Å². The van der Waals surface area contributed by atoms with Gasteiger partial charge in [0.15, 0.2) is 17.5 Å². The minimum absolute atomic E-state index is 0.404. The van der Waals surface area contributed by atoms with Crippen LogP contribution in [0.3, 0.4) is 0 Å². The van der Waals surface area contributed by atoms with E-state index in [1.54, 1.807) is 0 Å². The molecule has 10 aromatic rings. The third-order valence-corrected chi connectivity index (χ3v) is 7.38. The first-order valence-corrected chi connectivity index (χ1v) is 13.9. The number of nitrogens with zero attached hydrogens (tertiary/aromatic N) is 3. The van der Waals surface area contributed by atoms with Crippen LogP contribution in [0.2, 0.25) is 0 Å². The predicted octanol–water partition coefficient (Wildman–Crippen LogP) is 11.5. The molecule has 3 heterocycles. The molecular formula is C43H25N3O2. The highest BCUT2D eigenvalue weighted by atomic mass is 16.3. The van der Waals surface area contributed by atoms with E-state index < -0.39 is 251 Å². The van der Waals surface area contributed by atoms with Crippen LogP contribution >= 0.6 is 0 Å². The number of fused-ring (bicyclic) bond motifs is 8. The molecule has 0 aliphatic carbocycles. The molecule has 0 spiro atoms. The third-order valence-electron chi connectivity index (χ3n) is 7.38. The largest absolute Gasteiger partial charge is 0.456 e. The molecule has 0 saturated heterocycles. The molecular weight excluding hydrogens is 590 g/mol. The van der Waals surface area contributed by atoms with E-state index in [2.05, 4.69) is 15.0 Å². The molecule has 5 nitrogen and oxygen atoms in total. The van der Waals surface area contributed by atoms with Gasteiger partial charge in [-0.15, -0.1) is 0 Å². The standard InChI is InChI=1S/C43H25N3O2/c1-3-11-26(12-4-1)30-17-9-19-35-38(30)32-23-22-29(25-37(32)47-35)42-44-41(28-14-5-2-6-15-28)45-43(46-42)34-18-10-20-36-39(34)33-24-21-27-13-7-8-16-31(27)40(33)48-36/h1-25H/i1D,2D,3D,4D,5D,6D,7D,8D,9D,10D,11D,12D,13D,14D,15D,16D,17D,18D,19D,20D,21D,22D,23D,24D,25D. The van der Waals surface area contributed by atoms with Crippen LogP contribution in [-0.4, -0.2) is 15.0 Å². The summed E-state index contributed by atoms with van der Waals surface area (Å²) in [5.74, 6) is -2.38. The Bertz CT molecular complexity index is 4230. The first-order valence-electron chi connectivity index (χ1n) is 26.4. The quantitative estimate of drug-likeness (QED) is 0.191. The zero-order chi connectivity index (χ0) is 53.4. The fraction of sp³-hybridized carbons (Fsp3) is 0. The van der Waals surface area contributed by atoms with Gasteiger partial charge in [-0.05, 0) is 46.7 Å². The molecule has 0 atom stereocenters. The molecule has 48 heavy (non-hydrogen) atoms. The van der Waals surface area contributed by atoms with Crippen LogP contribution in [0, 0.1) is 0 Å². The smallest absolute Gasteiger partial charge is 0.164 e. The minimum Gasteiger partial charge on any atom is -0.456 e. The number of aromatic nitrogens is 3. The Kier molecular flexibility index (Phi) is 2.59. The van der Waals surface area contributed by atoms with E-state index in [1.807, 2.05) is 0 Å². The van der Waals surface area contributed by atoms with Gasteiger partial charge >= 0.3 is 0 Å². The topological polar surface area (TPSA) is 65.0 Å². The van der Waals surface area contributed by atoms with Crippen molar-refractivity contribution >= 4 is 54.6 Å². The van der Waals surface area contributed by atoms with Gasteiger partial charge in [-0.2, -0.15) is 0 Å². The summed E-state index contributed by atoms with van der Waals surface area (Å²) in [5, 5.41) is -2.65. The molecule has 0 amide bonds. The van der Waals surface area contributed by atoms with Crippen molar-refractivity contribution in [2.24, 2.45) is 0 Å². The molecule has 0 radical (unpaired) electrons. The second kappa shape index (κ2) is 10.5. The van der Waals surface area contributed by atoms with Crippen molar-refractivity contribution in [1.29, 1.82) is 0 Å². The Morgan fingerprint density at radius 1 is 0.396 bits per heavy atom. The second-order valence-electron chi connectivity index (χ2n) is 10.1. The molecule has 0 aliphatic heterocycles. The third kappa shape index (κ3) is 4.15. The number of hydrogen-bond acceptors (Lipinski definition) is 5. The molecule has 0 saturated carbocycles. The maximum absolute atomic E-state index is 9.54. The lowest BCUT2D eigenvalue weighted by Crippen LogP contribution is -2.00. The zero-order valence-corrected chi connectivity index (χ0v) is 23.7. The molecule has 3 aromatic heterocycles. The highest BCUT2D eigenvalue weighted by Gasteiger charge is 2.20. The number of benzene rings is 7. The SMILES string of the molecule is [2H]c1c([2H])c([2H])c(-c2nc(-c3c([2H])c([2H])c4c(oc5c([2H])c([2H])c([2H])c(-c6c([2H])c([2H])c([2H])c([2H])c6[2H])c54)c3[2H])nc(-c3c([2H])c([2H])c([2H])c4oc5c6c([2H])c([2H])c([2H])c([2H])c6c([2H])c([2H])c5c34)n2)c([2H])c1[2H]. The summed E-state index contributed by atoms with van der Waals surface area (Å²) < 4.78 is 231. The van der Waals surface area contributed by atoms with Crippen LogP contribution < -0.4 is 0 Å². The summed E-state index contributed by atoms with van der Waals surface area (Å²) in [5.41, 5.74) is -5.54. The number of rotatable bonds is 4. The number of furan rings is 2. The van der Waals surface area contributed by atoms with E-state index >= 15 is 0 Å². The second-order valence-corrected chi connectivity index (χ2v) is 10.1. The average Bonchev–Trinajstić information content (AvgIpc) is 3.96. The van der Waals surface area contributed by atoms with Gasteiger partial charge < -0.3 is 8.83 Å². The lowest BCUT2D eigenvalue weighted by atomic mass is 9.99. The monoisotopic (exact) mass is 640 g/mol. The van der Waals surface area contributed by atoms with Crippen molar-refractivity contribution in [3.8, 4) is 45.3 Å². The van der Waals surface area contributed by atoms with Crippen molar-refractivity contribution in [2.45, 2.75) is 0 Å². The first kappa shape index (κ1) is 11.9. The highest BCUT2D eigenvalue weighted by Crippen LogP contribution is 2.41. The first-order chi connectivity index (χ1) is 34.2. The van der Waals surface area contributed by atoms with Crippen molar-refractivity contribution in [1.82, 2.24) is 15.0 Å². The van der Waals surface area contributed by atoms with E-state index in [0.29, 0.717) is 0 Å². The number of hydrogen-bond donors (Lipinski definition) is 0. The fourth-order valence-corrected chi connectivity index (χ4v) is 5.33. The fourth-order valence-electron chi connectivity index (χ4n) is 5.33. The molecule has 0 N–H and O–H groups in total. The van der Waals surface area contributed by atoms with E-state index in [9.17, 15) is 5.48 Å². The molecule has 7 aromatic carbocycles. The van der Waals surface area contributed by atoms with E-state index in [0.717, 1.165) is 0 Å². The normalized spacial score (nSPS) is 19.0. The highest BCUT2D eigenvalue weighted by molar-refractivity contribution is 6.19. The maximum Gasteiger partial charge on any atom is 0.164 e. The summed E-state index contributed by atoms with van der Waals surface area (Å²) in [6.45, 7) is 0. The molecule has 0 fully saturated rings. The van der Waals surface area contributed by atoms with Gasteiger partial charge in [0.05, 0.1) is 34.3 Å². The minimum atomic E-state index is -0.940. The van der Waals surface area contributed by atoms with Crippen molar-refractivity contribution in [3.63, 3.8) is 0 Å². The zero-order valence-electron chi connectivity index (χ0n) is 48.7. The van der Waals surface area contributed by atoms with Gasteiger partial charge in [0.1, 0.15) is 22.3 Å². The Morgan fingerprint density at radius 3 is 1.83 bits per heavy atom. The van der Waals surface area contributed by atoms with Crippen LogP contribution in [0.1, 0.15) is 34.3 Å². The molecule has 224 valence electrons. The molecule has 0 aliphatic rings. The lowest BCUT2D eigenvalue weighted by molar-refractivity contribution is 0.669. The Balaban J connectivity index is 1.38. The Morgan fingerprint density at radius 2 is 1.02 bits per heavy atom. The van der Waals surface area contributed by atoms with Crippen LogP contribution in [0.15, 0.2) is 160 Å². The van der Waals surface area contributed by atoms with Gasteiger partial charge in [-0.1, -0.05) is 121 Å². The molecule has 10 rings (SSSR count). The lowest BCUT2D eigenvalue weighted by Gasteiger charge is -2.09. The van der Waals surface area contributed by atoms with Crippen LogP contribution in [-0.2, 0) is 0 Å². The summed E-state index contributed by atoms with van der Waals surface area (Å²) in [4.78, 5) is 13.2. The van der Waals surface area contributed by atoms with Gasteiger partial charge in [0.2, 0.25) is 0 Å². The summed E-state index contributed by atoms with van der Waals surface area (Å²) in [6.07, 6.45) is 0. The summed E-state index contributed by atoms with van der Waals surface area (Å²) in [7, 11) is 0. The maximum atomic E-state index is 9.54.